The lowest BCUT2D eigenvalue weighted by atomic mass is 10.1. The second-order valence-electron chi connectivity index (χ2n) is 8.03. The molecule has 0 saturated carbocycles. The third-order valence-electron chi connectivity index (χ3n) is 5.61. The smallest absolute Gasteiger partial charge is 0.270 e. The molecule has 32 heavy (non-hydrogen) atoms. The minimum absolute atomic E-state index is 0.0958. The Morgan fingerprint density at radius 1 is 1.25 bits per heavy atom. The number of benzene rings is 1. The van der Waals surface area contributed by atoms with Crippen LogP contribution in [-0.2, 0) is 0 Å². The highest BCUT2D eigenvalue weighted by Gasteiger charge is 2.23. The number of likely N-dealkylation sites (tertiary alicyclic amines) is 1. The van der Waals surface area contributed by atoms with Gasteiger partial charge in [0, 0.05) is 38.4 Å². The van der Waals surface area contributed by atoms with E-state index in [4.69, 9.17) is 27.9 Å². The Bertz CT molecular complexity index is 1100. The van der Waals surface area contributed by atoms with Crippen molar-refractivity contribution >= 4 is 34.8 Å². The number of hydrogen-bond donors (Lipinski definition) is 2. The molecule has 0 aliphatic carbocycles. The first-order valence-corrected chi connectivity index (χ1v) is 11.4. The van der Waals surface area contributed by atoms with Crippen molar-refractivity contribution < 1.29 is 14.6 Å². The van der Waals surface area contributed by atoms with E-state index >= 15 is 0 Å². The average molecular weight is 477 g/mol. The van der Waals surface area contributed by atoms with Gasteiger partial charge in [-0.25, -0.2) is 4.98 Å². The van der Waals surface area contributed by atoms with E-state index in [2.05, 4.69) is 15.2 Å². The monoisotopic (exact) mass is 476 g/mol. The summed E-state index contributed by atoms with van der Waals surface area (Å²) in [5.41, 5.74) is 1.88. The Balaban J connectivity index is 1.23. The molecule has 1 aliphatic rings. The van der Waals surface area contributed by atoms with Crippen molar-refractivity contribution in [2.75, 3.05) is 26.2 Å². The SMILES string of the molecule is Cc1nc2ccccn2c1C(=O)NCC(O)CN1CCC(Oc2ccc(Cl)c(Cl)c2)CC1. The number of aryl methyl sites for hydroxylation is 1. The van der Waals surface area contributed by atoms with Gasteiger partial charge in [0.1, 0.15) is 23.2 Å². The highest BCUT2D eigenvalue weighted by molar-refractivity contribution is 6.42. The average Bonchev–Trinajstić information content (AvgIpc) is 3.12. The van der Waals surface area contributed by atoms with Crippen LogP contribution in [0, 0.1) is 6.92 Å². The summed E-state index contributed by atoms with van der Waals surface area (Å²) in [6, 6.07) is 10.9. The Morgan fingerprint density at radius 2 is 2.03 bits per heavy atom. The Morgan fingerprint density at radius 3 is 2.78 bits per heavy atom. The van der Waals surface area contributed by atoms with E-state index in [1.54, 1.807) is 16.5 Å². The number of nitrogens with one attached hydrogen (secondary N) is 1. The van der Waals surface area contributed by atoms with Crippen molar-refractivity contribution in [1.29, 1.82) is 0 Å². The number of β-amino-alcohol motifs (C(OH)–C–C–N with tert-alkyl or cyclic N) is 1. The molecule has 1 atom stereocenters. The second kappa shape index (κ2) is 10.1. The first kappa shape index (κ1) is 22.9. The summed E-state index contributed by atoms with van der Waals surface area (Å²) in [5, 5.41) is 14.3. The van der Waals surface area contributed by atoms with Gasteiger partial charge < -0.3 is 20.1 Å². The van der Waals surface area contributed by atoms with E-state index in [9.17, 15) is 9.90 Å². The lowest BCUT2D eigenvalue weighted by Gasteiger charge is -2.33. The second-order valence-corrected chi connectivity index (χ2v) is 8.85. The van der Waals surface area contributed by atoms with Crippen LogP contribution in [0.4, 0.5) is 0 Å². The maximum absolute atomic E-state index is 12.7. The van der Waals surface area contributed by atoms with Gasteiger partial charge in [-0.2, -0.15) is 0 Å². The summed E-state index contributed by atoms with van der Waals surface area (Å²) in [5.74, 6) is 0.470. The third kappa shape index (κ3) is 5.35. The van der Waals surface area contributed by atoms with Gasteiger partial charge >= 0.3 is 0 Å². The highest BCUT2D eigenvalue weighted by Crippen LogP contribution is 2.28. The largest absolute Gasteiger partial charge is 0.490 e. The van der Waals surface area contributed by atoms with Gasteiger partial charge in [-0.05, 0) is 44.0 Å². The molecule has 3 aromatic rings. The van der Waals surface area contributed by atoms with Crippen LogP contribution in [0.5, 0.6) is 5.75 Å². The lowest BCUT2D eigenvalue weighted by Crippen LogP contribution is -2.45. The zero-order chi connectivity index (χ0) is 22.7. The zero-order valence-corrected chi connectivity index (χ0v) is 19.3. The molecule has 170 valence electrons. The number of carbonyl (C=O) groups excluding carboxylic acids is 1. The molecule has 9 heteroatoms. The highest BCUT2D eigenvalue weighted by atomic mass is 35.5. The standard InChI is InChI=1S/C23H26Cl2N4O3/c1-15-22(29-9-3-2-4-21(29)27-15)23(31)26-13-16(30)14-28-10-7-17(8-11-28)32-18-5-6-19(24)20(25)12-18/h2-6,9,12,16-17,30H,7-8,10-11,13-14H2,1H3,(H,26,31). The van der Waals surface area contributed by atoms with Crippen molar-refractivity contribution in [2.24, 2.45) is 0 Å². The van der Waals surface area contributed by atoms with Crippen LogP contribution in [0.2, 0.25) is 10.0 Å². The summed E-state index contributed by atoms with van der Waals surface area (Å²) in [4.78, 5) is 19.3. The summed E-state index contributed by atoms with van der Waals surface area (Å²) in [7, 11) is 0. The number of aliphatic hydroxyl groups excluding tert-OH is 1. The molecule has 0 bridgehead atoms. The first-order valence-electron chi connectivity index (χ1n) is 10.6. The summed E-state index contributed by atoms with van der Waals surface area (Å²) in [6.07, 6.45) is 2.94. The number of amides is 1. The molecule has 1 unspecified atom stereocenters. The van der Waals surface area contributed by atoms with E-state index in [0.717, 1.165) is 31.6 Å². The number of aromatic nitrogens is 2. The van der Waals surface area contributed by atoms with Crippen LogP contribution < -0.4 is 10.1 Å². The molecule has 1 saturated heterocycles. The first-order chi connectivity index (χ1) is 15.4. The molecule has 1 fully saturated rings. The van der Waals surface area contributed by atoms with Crippen molar-refractivity contribution in [3.8, 4) is 5.75 Å². The number of fused-ring (bicyclic) bond motifs is 1. The predicted molar refractivity (Wildman–Crippen MR) is 125 cm³/mol. The van der Waals surface area contributed by atoms with Gasteiger partial charge in [0.05, 0.1) is 21.8 Å². The number of piperidine rings is 1. The topological polar surface area (TPSA) is 79.1 Å². The molecule has 0 spiro atoms. The van der Waals surface area contributed by atoms with Gasteiger partial charge in [0.15, 0.2) is 0 Å². The van der Waals surface area contributed by atoms with Crippen LogP contribution in [0.3, 0.4) is 0 Å². The Kier molecular flexibility index (Phi) is 7.20. The number of pyridine rings is 1. The van der Waals surface area contributed by atoms with Crippen molar-refractivity contribution in [1.82, 2.24) is 19.6 Å². The van der Waals surface area contributed by atoms with Crippen molar-refractivity contribution in [2.45, 2.75) is 32.0 Å². The van der Waals surface area contributed by atoms with Crippen molar-refractivity contribution in [3.63, 3.8) is 0 Å². The molecule has 2 N–H and O–H groups in total. The number of ether oxygens (including phenoxy) is 1. The maximum Gasteiger partial charge on any atom is 0.270 e. The third-order valence-corrected chi connectivity index (χ3v) is 6.35. The lowest BCUT2D eigenvalue weighted by molar-refractivity contribution is 0.0593. The minimum atomic E-state index is -0.661. The number of carbonyl (C=O) groups is 1. The molecular weight excluding hydrogens is 451 g/mol. The molecule has 1 amide bonds. The van der Waals surface area contributed by atoms with E-state index in [1.165, 1.54) is 0 Å². The van der Waals surface area contributed by atoms with Gasteiger partial charge in [-0.15, -0.1) is 0 Å². The van der Waals surface area contributed by atoms with Crippen LogP contribution >= 0.6 is 23.2 Å². The Hall–Kier alpha value is -2.32. The molecular formula is C23H26Cl2N4O3. The van der Waals surface area contributed by atoms with E-state index in [0.29, 0.717) is 33.7 Å². The fourth-order valence-electron chi connectivity index (χ4n) is 4.00. The maximum atomic E-state index is 12.7. The van der Waals surface area contributed by atoms with Gasteiger partial charge in [-0.1, -0.05) is 29.3 Å². The number of halogens is 2. The number of nitrogens with zero attached hydrogens (tertiary/aromatic N) is 3. The molecule has 2 aromatic heterocycles. The predicted octanol–water partition coefficient (Wildman–Crippen LogP) is 3.58. The Labute approximate surface area is 196 Å². The van der Waals surface area contributed by atoms with E-state index in [1.807, 2.05) is 37.4 Å². The summed E-state index contributed by atoms with van der Waals surface area (Å²) in [6.45, 7) is 4.10. The van der Waals surface area contributed by atoms with Gasteiger partial charge in [-0.3, -0.25) is 9.20 Å². The molecule has 0 radical (unpaired) electrons. The normalized spacial score (nSPS) is 16.2. The molecule has 7 nitrogen and oxygen atoms in total. The van der Waals surface area contributed by atoms with Gasteiger partial charge in [0.25, 0.3) is 5.91 Å². The van der Waals surface area contributed by atoms with Gasteiger partial charge in [0.2, 0.25) is 0 Å². The van der Waals surface area contributed by atoms with E-state index in [-0.39, 0.29) is 18.6 Å². The zero-order valence-electron chi connectivity index (χ0n) is 17.8. The quantitative estimate of drug-likeness (QED) is 0.544. The summed E-state index contributed by atoms with van der Waals surface area (Å²) < 4.78 is 7.77. The summed E-state index contributed by atoms with van der Waals surface area (Å²) >= 11 is 12.0. The van der Waals surface area contributed by atoms with Crippen molar-refractivity contribution in [3.05, 3.63) is 64.0 Å². The van der Waals surface area contributed by atoms with Crippen LogP contribution in [0.15, 0.2) is 42.6 Å². The number of rotatable bonds is 7. The van der Waals surface area contributed by atoms with Crippen LogP contribution in [-0.4, -0.2) is 63.7 Å². The molecule has 4 rings (SSSR count). The molecule has 1 aromatic carbocycles. The molecule has 1 aliphatic heterocycles. The minimum Gasteiger partial charge on any atom is -0.490 e. The number of imidazole rings is 1. The number of aliphatic hydroxyl groups is 1. The van der Waals surface area contributed by atoms with Crippen LogP contribution in [0.1, 0.15) is 29.0 Å². The fraction of sp³-hybridized carbons (Fsp3) is 0.391. The fourth-order valence-corrected chi connectivity index (χ4v) is 4.28. The number of hydrogen-bond acceptors (Lipinski definition) is 5. The van der Waals surface area contributed by atoms with E-state index < -0.39 is 6.10 Å². The van der Waals surface area contributed by atoms with Crippen LogP contribution in [0.25, 0.3) is 5.65 Å². The molecule has 3 heterocycles.